The highest BCUT2D eigenvalue weighted by Gasteiger charge is 1.80. The Kier molecular flexibility index (Phi) is 15.7. The van der Waals surface area contributed by atoms with E-state index in [0.717, 1.165) is 12.8 Å². The molecule has 0 bridgehead atoms. The normalized spacial score (nSPS) is 12.5. The molecule has 0 saturated carbocycles. The first-order chi connectivity index (χ1) is 9.41. The lowest BCUT2D eigenvalue weighted by Gasteiger charge is -1.90. The fourth-order valence-electron chi connectivity index (χ4n) is 1.60. The van der Waals surface area contributed by atoms with Gasteiger partial charge in [-0.05, 0) is 37.8 Å². The summed E-state index contributed by atoms with van der Waals surface area (Å²) in [6.07, 6.45) is 25.8. The molecule has 0 aliphatic rings. The monoisotopic (exact) mass is 262 g/mol. The average molecular weight is 262 g/mol. The minimum Gasteiger partial charge on any atom is -0.473 e. The van der Waals surface area contributed by atoms with Crippen LogP contribution in [-0.2, 0) is 4.74 Å². The highest BCUT2D eigenvalue weighted by atomic mass is 16.5. The van der Waals surface area contributed by atoms with Crippen LogP contribution in [0.5, 0.6) is 0 Å². The third-order valence-electron chi connectivity index (χ3n) is 2.76. The van der Waals surface area contributed by atoms with Gasteiger partial charge in [-0.3, -0.25) is 0 Å². The van der Waals surface area contributed by atoms with E-state index in [-0.39, 0.29) is 0 Å². The Bertz CT molecular complexity index is 243. The van der Waals surface area contributed by atoms with E-state index in [2.05, 4.69) is 26.0 Å². The first kappa shape index (κ1) is 17.8. The summed E-state index contributed by atoms with van der Waals surface area (Å²) in [4.78, 5) is 0. The zero-order valence-corrected chi connectivity index (χ0v) is 12.7. The van der Waals surface area contributed by atoms with E-state index < -0.39 is 0 Å². The summed E-state index contributed by atoms with van der Waals surface area (Å²) in [5.41, 5.74) is 0. The van der Waals surface area contributed by atoms with Gasteiger partial charge in [-0.15, -0.1) is 0 Å². The SMILES string of the molecule is CCCCC/C=C/C=C/O/C=C/C=C/CCCCC. The van der Waals surface area contributed by atoms with Gasteiger partial charge in [0, 0.05) is 0 Å². The van der Waals surface area contributed by atoms with Crippen molar-refractivity contribution < 1.29 is 4.74 Å². The van der Waals surface area contributed by atoms with Gasteiger partial charge in [0.2, 0.25) is 0 Å². The molecule has 108 valence electrons. The minimum atomic E-state index is 1.16. The van der Waals surface area contributed by atoms with Gasteiger partial charge < -0.3 is 4.74 Å². The molecule has 0 aromatic carbocycles. The Balaban J connectivity index is 3.40. The van der Waals surface area contributed by atoms with Crippen LogP contribution in [0.2, 0.25) is 0 Å². The molecule has 19 heavy (non-hydrogen) atoms. The summed E-state index contributed by atoms with van der Waals surface area (Å²) >= 11 is 0. The van der Waals surface area contributed by atoms with Crippen molar-refractivity contribution in [1.82, 2.24) is 0 Å². The number of unbranched alkanes of at least 4 members (excludes halogenated alkanes) is 6. The Hall–Kier alpha value is -1.24. The Morgan fingerprint density at radius 2 is 1.11 bits per heavy atom. The van der Waals surface area contributed by atoms with Crippen molar-refractivity contribution in [2.45, 2.75) is 65.2 Å². The van der Waals surface area contributed by atoms with E-state index in [0.29, 0.717) is 0 Å². The van der Waals surface area contributed by atoms with Gasteiger partial charge in [-0.25, -0.2) is 0 Å². The van der Waals surface area contributed by atoms with Crippen LogP contribution in [0.15, 0.2) is 49.0 Å². The second-order valence-electron chi connectivity index (χ2n) is 4.64. The summed E-state index contributed by atoms with van der Waals surface area (Å²) in [6.45, 7) is 4.45. The fourth-order valence-corrected chi connectivity index (χ4v) is 1.60. The maximum atomic E-state index is 5.23. The summed E-state index contributed by atoms with van der Waals surface area (Å²) in [5.74, 6) is 0. The molecular weight excluding hydrogens is 232 g/mol. The summed E-state index contributed by atoms with van der Waals surface area (Å²) in [5, 5.41) is 0. The molecule has 0 aliphatic carbocycles. The van der Waals surface area contributed by atoms with Crippen molar-refractivity contribution in [3.8, 4) is 0 Å². The van der Waals surface area contributed by atoms with E-state index in [4.69, 9.17) is 4.74 Å². The van der Waals surface area contributed by atoms with Crippen molar-refractivity contribution in [2.24, 2.45) is 0 Å². The van der Waals surface area contributed by atoms with E-state index in [1.165, 1.54) is 38.5 Å². The molecule has 0 rings (SSSR count). The van der Waals surface area contributed by atoms with E-state index in [9.17, 15) is 0 Å². The smallest absolute Gasteiger partial charge is 0.0901 e. The van der Waals surface area contributed by atoms with Crippen molar-refractivity contribution in [1.29, 1.82) is 0 Å². The lowest BCUT2D eigenvalue weighted by atomic mass is 10.2. The number of hydrogen-bond donors (Lipinski definition) is 0. The van der Waals surface area contributed by atoms with Gasteiger partial charge in [-0.2, -0.15) is 0 Å². The van der Waals surface area contributed by atoms with Gasteiger partial charge in [0.05, 0.1) is 12.5 Å². The molecule has 0 saturated heterocycles. The van der Waals surface area contributed by atoms with Crippen LogP contribution in [0.1, 0.15) is 65.2 Å². The highest BCUT2D eigenvalue weighted by Crippen LogP contribution is 2.00. The maximum absolute atomic E-state index is 5.23. The molecule has 0 radical (unpaired) electrons. The molecule has 0 unspecified atom stereocenters. The molecule has 0 aromatic rings. The second kappa shape index (κ2) is 16.8. The molecule has 1 nitrogen and oxygen atoms in total. The van der Waals surface area contributed by atoms with Crippen LogP contribution in [-0.4, -0.2) is 0 Å². The molecule has 0 fully saturated rings. The molecule has 1 heteroatoms. The predicted octanol–water partition coefficient (Wildman–Crippen LogP) is 6.30. The largest absolute Gasteiger partial charge is 0.473 e. The summed E-state index contributed by atoms with van der Waals surface area (Å²) < 4.78 is 5.23. The molecule has 0 spiro atoms. The highest BCUT2D eigenvalue weighted by molar-refractivity contribution is 5.02. The molecule has 0 aromatic heterocycles. The summed E-state index contributed by atoms with van der Waals surface area (Å²) in [7, 11) is 0. The molecule has 0 aliphatic heterocycles. The first-order valence-corrected chi connectivity index (χ1v) is 7.70. The maximum Gasteiger partial charge on any atom is 0.0901 e. The molecule has 0 heterocycles. The number of hydrogen-bond acceptors (Lipinski definition) is 1. The van der Waals surface area contributed by atoms with Crippen LogP contribution < -0.4 is 0 Å². The van der Waals surface area contributed by atoms with Crippen LogP contribution in [0.4, 0.5) is 0 Å². The molecular formula is C18H30O. The quantitative estimate of drug-likeness (QED) is 0.228. The Morgan fingerprint density at radius 1 is 0.632 bits per heavy atom. The van der Waals surface area contributed by atoms with Gasteiger partial charge in [-0.1, -0.05) is 63.8 Å². The zero-order chi connectivity index (χ0) is 14.0. The van der Waals surface area contributed by atoms with Crippen molar-refractivity contribution in [2.75, 3.05) is 0 Å². The van der Waals surface area contributed by atoms with E-state index in [1.807, 2.05) is 24.3 Å². The van der Waals surface area contributed by atoms with Gasteiger partial charge >= 0.3 is 0 Å². The van der Waals surface area contributed by atoms with E-state index >= 15 is 0 Å². The van der Waals surface area contributed by atoms with Crippen molar-refractivity contribution in [3.05, 3.63) is 49.0 Å². The lowest BCUT2D eigenvalue weighted by molar-refractivity contribution is 0.403. The summed E-state index contributed by atoms with van der Waals surface area (Å²) in [6, 6.07) is 0. The third-order valence-corrected chi connectivity index (χ3v) is 2.76. The number of rotatable bonds is 12. The second-order valence-corrected chi connectivity index (χ2v) is 4.64. The first-order valence-electron chi connectivity index (χ1n) is 7.70. The fraction of sp³-hybridized carbons (Fsp3) is 0.556. The van der Waals surface area contributed by atoms with Crippen LogP contribution in [0.3, 0.4) is 0 Å². The van der Waals surface area contributed by atoms with Gasteiger partial charge in [0.15, 0.2) is 0 Å². The predicted molar refractivity (Wildman–Crippen MR) is 85.9 cm³/mol. The Morgan fingerprint density at radius 3 is 1.53 bits per heavy atom. The average Bonchev–Trinajstić information content (AvgIpc) is 2.43. The molecule has 0 amide bonds. The van der Waals surface area contributed by atoms with Crippen LogP contribution in [0.25, 0.3) is 0 Å². The zero-order valence-electron chi connectivity index (χ0n) is 12.7. The molecule has 0 atom stereocenters. The van der Waals surface area contributed by atoms with E-state index in [1.54, 1.807) is 12.5 Å². The van der Waals surface area contributed by atoms with Crippen LogP contribution >= 0.6 is 0 Å². The lowest BCUT2D eigenvalue weighted by Crippen LogP contribution is -1.70. The van der Waals surface area contributed by atoms with Crippen molar-refractivity contribution in [3.63, 3.8) is 0 Å². The molecule has 0 N–H and O–H groups in total. The van der Waals surface area contributed by atoms with Gasteiger partial charge in [0.1, 0.15) is 0 Å². The van der Waals surface area contributed by atoms with Crippen molar-refractivity contribution >= 4 is 0 Å². The minimum absolute atomic E-state index is 1.16. The number of ether oxygens (including phenoxy) is 1. The third kappa shape index (κ3) is 16.8. The van der Waals surface area contributed by atoms with Crippen LogP contribution in [0, 0.1) is 0 Å². The standard InChI is InChI=1S/C18H30O/c1-3-5-7-9-11-13-15-17-19-18-16-14-12-10-8-6-4-2/h11-18H,3-10H2,1-2H3/b13-11+,14-12+,17-15+,18-16+. The Labute approximate surface area is 119 Å². The topological polar surface area (TPSA) is 9.23 Å². The number of allylic oxidation sites excluding steroid dienone is 6. The van der Waals surface area contributed by atoms with Gasteiger partial charge in [0.25, 0.3) is 0 Å².